The number of pyridine rings is 1. The van der Waals surface area contributed by atoms with Crippen LogP contribution < -0.4 is 10.9 Å². The van der Waals surface area contributed by atoms with Crippen LogP contribution in [0.5, 0.6) is 0 Å². The number of aliphatic carboxylic acids is 1. The molecule has 3 aromatic rings. The van der Waals surface area contributed by atoms with Crippen molar-refractivity contribution in [3.63, 3.8) is 0 Å². The van der Waals surface area contributed by atoms with E-state index in [9.17, 15) is 37.1 Å². The second kappa shape index (κ2) is 15.3. The number of likely N-dealkylation sites (N-methyl/N-ethyl adjacent to an activating group) is 1. The van der Waals surface area contributed by atoms with Crippen LogP contribution in [0.1, 0.15) is 79.3 Å². The maximum absolute atomic E-state index is 15.4. The van der Waals surface area contributed by atoms with E-state index >= 15 is 13.2 Å². The summed E-state index contributed by atoms with van der Waals surface area (Å²) in [7, 11) is 3.31. The lowest BCUT2D eigenvalue weighted by Gasteiger charge is -2.26. The molecule has 2 heterocycles. The first-order valence-corrected chi connectivity index (χ1v) is 15.5. The van der Waals surface area contributed by atoms with Crippen molar-refractivity contribution in [1.82, 2.24) is 14.8 Å². The SMILES string of the molecule is CN(C)CCc1cn([C@H]2CCCCCCCc3cc(F)cc(F)c3-c3cc(F)c(F)c(c3)[C@H](CC(=O)O)NC2=O)c(=O)cc1C(F)(F)F. The summed E-state index contributed by atoms with van der Waals surface area (Å²) in [5.41, 5.74) is -3.38. The van der Waals surface area contributed by atoms with Crippen LogP contribution in [-0.4, -0.2) is 47.1 Å². The lowest BCUT2D eigenvalue weighted by molar-refractivity contribution is -0.139. The van der Waals surface area contributed by atoms with Crippen molar-refractivity contribution in [2.45, 2.75) is 76.0 Å². The predicted molar refractivity (Wildman–Crippen MR) is 163 cm³/mol. The van der Waals surface area contributed by atoms with Crippen molar-refractivity contribution >= 4 is 11.9 Å². The van der Waals surface area contributed by atoms with Gasteiger partial charge in [-0.3, -0.25) is 14.4 Å². The number of benzene rings is 2. The van der Waals surface area contributed by atoms with Gasteiger partial charge in [0, 0.05) is 36.0 Å². The number of halogens is 7. The van der Waals surface area contributed by atoms with E-state index in [2.05, 4.69) is 5.32 Å². The maximum Gasteiger partial charge on any atom is 0.416 e. The molecular formula is C34H36F7N3O4. The monoisotopic (exact) mass is 683 g/mol. The van der Waals surface area contributed by atoms with Crippen LogP contribution in [0.15, 0.2) is 41.3 Å². The molecule has 2 atom stereocenters. The van der Waals surface area contributed by atoms with E-state index in [-0.39, 0.29) is 48.1 Å². The first-order valence-electron chi connectivity index (χ1n) is 15.5. The van der Waals surface area contributed by atoms with E-state index in [0.717, 1.165) is 22.9 Å². The topological polar surface area (TPSA) is 91.6 Å². The van der Waals surface area contributed by atoms with Crippen molar-refractivity contribution < 1.29 is 45.4 Å². The zero-order valence-corrected chi connectivity index (χ0v) is 26.4. The van der Waals surface area contributed by atoms with Crippen LogP contribution >= 0.6 is 0 Å². The molecular weight excluding hydrogens is 647 g/mol. The number of nitrogens with zero attached hydrogens (tertiary/aromatic N) is 2. The fourth-order valence-electron chi connectivity index (χ4n) is 6.06. The van der Waals surface area contributed by atoms with Crippen LogP contribution in [0.3, 0.4) is 0 Å². The van der Waals surface area contributed by atoms with Gasteiger partial charge in [0.1, 0.15) is 17.7 Å². The summed E-state index contributed by atoms with van der Waals surface area (Å²) >= 11 is 0. The third-order valence-electron chi connectivity index (χ3n) is 8.41. The highest BCUT2D eigenvalue weighted by Crippen LogP contribution is 2.36. The van der Waals surface area contributed by atoms with Gasteiger partial charge in [0.05, 0.1) is 18.0 Å². The Morgan fingerprint density at radius 2 is 1.65 bits per heavy atom. The number of alkyl halides is 3. The molecule has 0 saturated heterocycles. The molecule has 2 N–H and O–H groups in total. The number of carbonyl (C=O) groups is 2. The van der Waals surface area contributed by atoms with Gasteiger partial charge in [-0.05, 0) is 74.7 Å². The Bertz CT molecular complexity index is 1720. The summed E-state index contributed by atoms with van der Waals surface area (Å²) in [6.45, 7) is 0.191. The number of carboxylic acids is 1. The summed E-state index contributed by atoms with van der Waals surface area (Å²) in [5, 5.41) is 12.0. The molecule has 1 amide bonds. The van der Waals surface area contributed by atoms with Gasteiger partial charge in [-0.15, -0.1) is 0 Å². The van der Waals surface area contributed by atoms with E-state index in [1.807, 2.05) is 0 Å². The maximum atomic E-state index is 15.4. The number of amides is 1. The van der Waals surface area contributed by atoms with Gasteiger partial charge in [0.15, 0.2) is 11.6 Å². The molecule has 2 bridgehead atoms. The Labute approximate surface area is 272 Å². The fourth-order valence-corrected chi connectivity index (χ4v) is 6.06. The second-order valence-electron chi connectivity index (χ2n) is 12.3. The van der Waals surface area contributed by atoms with Crippen LogP contribution in [0.4, 0.5) is 30.7 Å². The fraction of sp³-hybridized carbons (Fsp3) is 0.441. The summed E-state index contributed by atoms with van der Waals surface area (Å²) < 4.78 is 103. The molecule has 0 spiro atoms. The van der Waals surface area contributed by atoms with Crippen LogP contribution in [-0.2, 0) is 28.6 Å². The van der Waals surface area contributed by atoms with Gasteiger partial charge in [-0.25, -0.2) is 17.6 Å². The average Bonchev–Trinajstić information content (AvgIpc) is 2.97. The molecule has 260 valence electrons. The van der Waals surface area contributed by atoms with Crippen molar-refractivity contribution in [3.8, 4) is 11.1 Å². The number of aromatic nitrogens is 1. The molecule has 4 rings (SSSR count). The summed E-state index contributed by atoms with van der Waals surface area (Å²) in [6, 6.07) is 0.605. The molecule has 48 heavy (non-hydrogen) atoms. The van der Waals surface area contributed by atoms with Crippen molar-refractivity contribution in [3.05, 3.63) is 92.4 Å². The highest BCUT2D eigenvalue weighted by Gasteiger charge is 2.36. The summed E-state index contributed by atoms with van der Waals surface area (Å²) in [6.07, 6.45) is -2.31. The van der Waals surface area contributed by atoms with Crippen LogP contribution in [0.25, 0.3) is 11.1 Å². The molecule has 1 aromatic heterocycles. The minimum Gasteiger partial charge on any atom is -0.481 e. The van der Waals surface area contributed by atoms with E-state index in [1.165, 1.54) is 0 Å². The van der Waals surface area contributed by atoms with Gasteiger partial charge in [0.25, 0.3) is 5.56 Å². The quantitative estimate of drug-likeness (QED) is 0.274. The number of hydrogen-bond acceptors (Lipinski definition) is 4. The minimum atomic E-state index is -4.86. The molecule has 14 heteroatoms. The standard InChI is InChI=1S/C34H36F7N3O4/c1-43(2)11-10-20-18-44(29(45)16-24(20)34(39,40)41)28-9-7-5-3-4-6-8-19-12-22(35)15-25(36)31(19)21-13-23(32(38)26(37)14-21)27(17-30(46)47)42-33(28)48/h12-16,18,27-28H,3-11,17H2,1-2H3,(H,42,48)(H,46,47)/t27-,28-/m0/s1. The molecule has 0 fully saturated rings. The Morgan fingerprint density at radius 1 is 0.958 bits per heavy atom. The highest BCUT2D eigenvalue weighted by atomic mass is 19.4. The zero-order chi connectivity index (χ0) is 35.3. The molecule has 0 saturated carbocycles. The van der Waals surface area contributed by atoms with Crippen LogP contribution in [0.2, 0.25) is 0 Å². The third-order valence-corrected chi connectivity index (χ3v) is 8.41. The van der Waals surface area contributed by atoms with Gasteiger partial charge < -0.3 is 19.9 Å². The minimum absolute atomic E-state index is 0.0415. The summed E-state index contributed by atoms with van der Waals surface area (Å²) in [4.78, 5) is 40.6. The zero-order valence-electron chi connectivity index (χ0n) is 26.4. The molecule has 7 nitrogen and oxygen atoms in total. The number of fused-ring (bicyclic) bond motifs is 4. The summed E-state index contributed by atoms with van der Waals surface area (Å²) in [5.74, 6) is -7.45. The molecule has 0 radical (unpaired) electrons. The second-order valence-corrected chi connectivity index (χ2v) is 12.3. The first kappa shape index (κ1) is 36.6. The number of aryl methyl sites for hydroxylation is 1. The lowest BCUT2D eigenvalue weighted by atomic mass is 9.91. The van der Waals surface area contributed by atoms with Crippen molar-refractivity contribution in [2.75, 3.05) is 20.6 Å². The van der Waals surface area contributed by atoms with Gasteiger partial charge in [0.2, 0.25) is 5.91 Å². The smallest absolute Gasteiger partial charge is 0.416 e. The predicted octanol–water partition coefficient (Wildman–Crippen LogP) is 6.96. The number of rotatable bonds is 6. The van der Waals surface area contributed by atoms with Gasteiger partial charge in [-0.2, -0.15) is 13.2 Å². The number of hydrogen-bond donors (Lipinski definition) is 2. The van der Waals surface area contributed by atoms with E-state index < -0.39 is 76.5 Å². The Kier molecular flexibility index (Phi) is 11.7. The largest absolute Gasteiger partial charge is 0.481 e. The number of carbonyl (C=O) groups excluding carboxylic acids is 1. The van der Waals surface area contributed by atoms with E-state index in [4.69, 9.17) is 0 Å². The highest BCUT2D eigenvalue weighted by molar-refractivity contribution is 5.82. The Hall–Kier alpha value is -4.20. The number of nitrogens with one attached hydrogen (secondary N) is 1. The molecule has 0 aliphatic carbocycles. The molecule has 2 aromatic carbocycles. The van der Waals surface area contributed by atoms with Gasteiger partial charge in [-0.1, -0.05) is 25.7 Å². The Morgan fingerprint density at radius 3 is 2.31 bits per heavy atom. The van der Waals surface area contributed by atoms with E-state index in [1.54, 1.807) is 19.0 Å². The average molecular weight is 684 g/mol. The van der Waals surface area contributed by atoms with Gasteiger partial charge >= 0.3 is 12.1 Å². The third kappa shape index (κ3) is 8.82. The number of carboxylic acid groups (broad SMARTS) is 1. The molecule has 1 aliphatic rings. The van der Waals surface area contributed by atoms with Crippen molar-refractivity contribution in [1.29, 1.82) is 0 Å². The van der Waals surface area contributed by atoms with E-state index in [0.29, 0.717) is 50.3 Å². The molecule has 0 unspecified atom stereocenters. The normalized spacial score (nSPS) is 18.0. The van der Waals surface area contributed by atoms with Crippen LogP contribution in [0, 0.1) is 23.3 Å². The molecule has 1 aliphatic heterocycles. The Balaban J connectivity index is 1.87. The van der Waals surface area contributed by atoms with Crippen molar-refractivity contribution in [2.24, 2.45) is 0 Å². The lowest BCUT2D eigenvalue weighted by Crippen LogP contribution is -2.40. The first-order chi connectivity index (χ1) is 22.6.